The number of aromatic nitrogens is 4. The summed E-state index contributed by atoms with van der Waals surface area (Å²) in [6.07, 6.45) is 1.30. The van der Waals surface area contributed by atoms with Gasteiger partial charge in [0, 0.05) is 13.0 Å². The molecule has 1 unspecified atom stereocenters. The Morgan fingerprint density at radius 3 is 2.70 bits per heavy atom. The van der Waals surface area contributed by atoms with Crippen LogP contribution in [0.3, 0.4) is 0 Å². The van der Waals surface area contributed by atoms with Crippen LogP contribution in [0.2, 0.25) is 0 Å². The summed E-state index contributed by atoms with van der Waals surface area (Å²) in [5, 5.41) is 20.7. The van der Waals surface area contributed by atoms with Crippen LogP contribution in [0.15, 0.2) is 0 Å². The summed E-state index contributed by atoms with van der Waals surface area (Å²) < 4.78 is 6.94. The van der Waals surface area contributed by atoms with Crippen molar-refractivity contribution in [2.75, 3.05) is 13.2 Å². The van der Waals surface area contributed by atoms with Crippen LogP contribution >= 0.6 is 0 Å². The second kappa shape index (κ2) is 7.33. The normalized spacial score (nSPS) is 13.4. The molecule has 0 aliphatic carbocycles. The molecular weight excluding hydrogens is 260 g/mol. The third kappa shape index (κ3) is 5.64. The number of ether oxygens (including phenoxy) is 1. The largest absolute Gasteiger partial charge is 0.481 e. The van der Waals surface area contributed by atoms with Crippen LogP contribution in [0.5, 0.6) is 0 Å². The quantitative estimate of drug-likeness (QED) is 0.731. The molecule has 7 nitrogen and oxygen atoms in total. The third-order valence-corrected chi connectivity index (χ3v) is 2.84. The first-order valence-corrected chi connectivity index (χ1v) is 6.89. The molecule has 0 saturated carbocycles. The summed E-state index contributed by atoms with van der Waals surface area (Å²) in [7, 11) is 0. The summed E-state index contributed by atoms with van der Waals surface area (Å²) in [5.41, 5.74) is 0.00323. The van der Waals surface area contributed by atoms with Crippen LogP contribution in [-0.4, -0.2) is 44.5 Å². The van der Waals surface area contributed by atoms with Crippen molar-refractivity contribution in [3.63, 3.8) is 0 Å². The molecule has 0 amide bonds. The minimum atomic E-state index is -0.842. The molecule has 0 aromatic carbocycles. The summed E-state index contributed by atoms with van der Waals surface area (Å²) in [4.78, 5) is 11.1. The second-order valence-corrected chi connectivity index (χ2v) is 6.00. The smallest absolute Gasteiger partial charge is 0.305 e. The van der Waals surface area contributed by atoms with E-state index >= 15 is 0 Å². The average molecular weight is 284 g/mol. The van der Waals surface area contributed by atoms with E-state index in [1.807, 2.05) is 6.92 Å². The van der Waals surface area contributed by atoms with Gasteiger partial charge in [-0.3, -0.25) is 4.79 Å². The molecular formula is C13H24N4O3. The Bertz CT molecular complexity index is 425. The Labute approximate surface area is 119 Å². The maximum absolute atomic E-state index is 11.1. The zero-order chi connectivity index (χ0) is 15.2. The summed E-state index contributed by atoms with van der Waals surface area (Å²) >= 11 is 0. The summed E-state index contributed by atoms with van der Waals surface area (Å²) in [6, 6.07) is -0.237. The highest BCUT2D eigenvalue weighted by molar-refractivity contribution is 5.67. The van der Waals surface area contributed by atoms with Gasteiger partial charge in [0.2, 0.25) is 0 Å². The van der Waals surface area contributed by atoms with E-state index in [2.05, 4.69) is 36.3 Å². The molecule has 20 heavy (non-hydrogen) atoms. The van der Waals surface area contributed by atoms with Crippen molar-refractivity contribution in [3.05, 3.63) is 5.82 Å². The SMILES string of the molecule is CCOCCc1nnnn1C(CC(=O)O)CC(C)(C)C. The van der Waals surface area contributed by atoms with E-state index in [-0.39, 0.29) is 17.9 Å². The molecule has 1 rings (SSSR count). The van der Waals surface area contributed by atoms with E-state index in [9.17, 15) is 4.79 Å². The fraction of sp³-hybridized carbons (Fsp3) is 0.846. The average Bonchev–Trinajstić information content (AvgIpc) is 2.74. The van der Waals surface area contributed by atoms with Crippen LogP contribution in [0.25, 0.3) is 0 Å². The molecule has 0 aliphatic heterocycles. The number of carboxylic acid groups (broad SMARTS) is 1. The molecule has 1 N–H and O–H groups in total. The number of carboxylic acids is 1. The lowest BCUT2D eigenvalue weighted by molar-refractivity contribution is -0.138. The lowest BCUT2D eigenvalue weighted by Crippen LogP contribution is -2.23. The molecule has 1 heterocycles. The first-order chi connectivity index (χ1) is 9.33. The Morgan fingerprint density at radius 1 is 1.45 bits per heavy atom. The Kier molecular flexibility index (Phi) is 6.06. The molecule has 0 saturated heterocycles. The molecule has 0 bridgehead atoms. The number of rotatable bonds is 8. The summed E-state index contributed by atoms with van der Waals surface area (Å²) in [6.45, 7) is 9.33. The van der Waals surface area contributed by atoms with Gasteiger partial charge in [-0.05, 0) is 29.2 Å². The zero-order valence-corrected chi connectivity index (χ0v) is 12.7. The van der Waals surface area contributed by atoms with Gasteiger partial charge in [-0.1, -0.05) is 20.8 Å². The van der Waals surface area contributed by atoms with Gasteiger partial charge in [-0.15, -0.1) is 5.10 Å². The van der Waals surface area contributed by atoms with E-state index in [0.717, 1.165) is 0 Å². The number of nitrogens with zero attached hydrogens (tertiary/aromatic N) is 4. The highest BCUT2D eigenvalue weighted by Gasteiger charge is 2.25. The van der Waals surface area contributed by atoms with Crippen LogP contribution in [0.4, 0.5) is 0 Å². The van der Waals surface area contributed by atoms with Crippen molar-refractivity contribution >= 4 is 5.97 Å². The fourth-order valence-electron chi connectivity index (χ4n) is 2.12. The minimum absolute atomic E-state index is 0.00323. The molecule has 1 aromatic heterocycles. The third-order valence-electron chi connectivity index (χ3n) is 2.84. The topological polar surface area (TPSA) is 90.1 Å². The first-order valence-electron chi connectivity index (χ1n) is 6.89. The Morgan fingerprint density at radius 2 is 2.15 bits per heavy atom. The van der Waals surface area contributed by atoms with Crippen molar-refractivity contribution < 1.29 is 14.6 Å². The number of hydrogen-bond donors (Lipinski definition) is 1. The standard InChI is InChI=1S/C13H24N4O3/c1-5-20-7-6-11-14-15-16-17(11)10(8-12(18)19)9-13(2,3)4/h10H,5-9H2,1-4H3,(H,18,19). The predicted octanol–water partition coefficient (Wildman–Crippen LogP) is 1.70. The maximum atomic E-state index is 11.1. The van der Waals surface area contributed by atoms with Gasteiger partial charge in [-0.25, -0.2) is 4.68 Å². The maximum Gasteiger partial charge on any atom is 0.305 e. The molecule has 1 atom stereocenters. The fourth-order valence-corrected chi connectivity index (χ4v) is 2.12. The van der Waals surface area contributed by atoms with Gasteiger partial charge < -0.3 is 9.84 Å². The Balaban J connectivity index is 2.84. The van der Waals surface area contributed by atoms with Crippen LogP contribution in [-0.2, 0) is 16.0 Å². The lowest BCUT2D eigenvalue weighted by Gasteiger charge is -2.25. The van der Waals surface area contributed by atoms with Crippen LogP contribution in [0.1, 0.15) is 52.4 Å². The van der Waals surface area contributed by atoms with E-state index < -0.39 is 5.97 Å². The van der Waals surface area contributed by atoms with Gasteiger partial charge in [0.05, 0.1) is 19.1 Å². The van der Waals surface area contributed by atoms with Crippen LogP contribution in [0, 0.1) is 5.41 Å². The minimum Gasteiger partial charge on any atom is -0.481 e. The van der Waals surface area contributed by atoms with E-state index in [1.165, 1.54) is 0 Å². The lowest BCUT2D eigenvalue weighted by atomic mass is 9.87. The van der Waals surface area contributed by atoms with Crippen molar-refractivity contribution in [3.8, 4) is 0 Å². The van der Waals surface area contributed by atoms with E-state index in [0.29, 0.717) is 31.9 Å². The zero-order valence-electron chi connectivity index (χ0n) is 12.7. The monoisotopic (exact) mass is 284 g/mol. The van der Waals surface area contributed by atoms with E-state index in [1.54, 1.807) is 4.68 Å². The number of carbonyl (C=O) groups is 1. The number of aliphatic carboxylic acids is 1. The first kappa shape index (κ1) is 16.6. The second-order valence-electron chi connectivity index (χ2n) is 6.00. The van der Waals surface area contributed by atoms with Crippen molar-refractivity contribution in [1.29, 1.82) is 0 Å². The van der Waals surface area contributed by atoms with Crippen LogP contribution < -0.4 is 0 Å². The van der Waals surface area contributed by atoms with Gasteiger partial charge in [0.1, 0.15) is 0 Å². The van der Waals surface area contributed by atoms with E-state index in [4.69, 9.17) is 9.84 Å². The molecule has 0 spiro atoms. The van der Waals surface area contributed by atoms with Crippen molar-refractivity contribution in [2.45, 2.75) is 53.0 Å². The highest BCUT2D eigenvalue weighted by atomic mass is 16.5. The predicted molar refractivity (Wildman–Crippen MR) is 73.4 cm³/mol. The van der Waals surface area contributed by atoms with Crippen molar-refractivity contribution in [1.82, 2.24) is 20.2 Å². The Hall–Kier alpha value is -1.50. The number of tetrazole rings is 1. The van der Waals surface area contributed by atoms with Gasteiger partial charge in [0.25, 0.3) is 0 Å². The van der Waals surface area contributed by atoms with Gasteiger partial charge in [0.15, 0.2) is 5.82 Å². The molecule has 0 radical (unpaired) electrons. The van der Waals surface area contributed by atoms with Crippen molar-refractivity contribution in [2.24, 2.45) is 5.41 Å². The van der Waals surface area contributed by atoms with Gasteiger partial charge in [-0.2, -0.15) is 0 Å². The number of hydrogen-bond acceptors (Lipinski definition) is 5. The highest BCUT2D eigenvalue weighted by Crippen LogP contribution is 2.29. The molecule has 0 aliphatic rings. The van der Waals surface area contributed by atoms with Gasteiger partial charge >= 0.3 is 5.97 Å². The molecule has 7 heteroatoms. The molecule has 1 aromatic rings. The molecule has 0 fully saturated rings. The summed E-state index contributed by atoms with van der Waals surface area (Å²) in [5.74, 6) is -0.167. The molecule has 114 valence electrons.